The van der Waals surface area contributed by atoms with E-state index < -0.39 is 17.9 Å². The highest BCUT2D eigenvalue weighted by atomic mass is 19.1. The Hall–Kier alpha value is -3.16. The topological polar surface area (TPSA) is 91.6 Å². The van der Waals surface area contributed by atoms with E-state index in [4.69, 9.17) is 5.11 Å². The molecule has 1 aliphatic heterocycles. The number of carboxylic acids is 1. The van der Waals surface area contributed by atoms with Crippen LogP contribution in [0.15, 0.2) is 47.4 Å². The number of anilines is 1. The average molecular weight is 359 g/mol. The molecule has 1 fully saturated rings. The van der Waals surface area contributed by atoms with E-state index in [2.05, 4.69) is 5.32 Å². The number of benzene rings is 1. The molecule has 1 aromatic carbocycles. The molecule has 2 heterocycles. The van der Waals surface area contributed by atoms with Crippen molar-refractivity contribution < 1.29 is 19.1 Å². The van der Waals surface area contributed by atoms with Crippen molar-refractivity contribution in [3.63, 3.8) is 0 Å². The van der Waals surface area contributed by atoms with Gasteiger partial charge in [-0.05, 0) is 36.2 Å². The number of urea groups is 1. The molecule has 1 saturated heterocycles. The summed E-state index contributed by atoms with van der Waals surface area (Å²) in [5, 5.41) is 11.6. The minimum atomic E-state index is -0.929. The van der Waals surface area contributed by atoms with Gasteiger partial charge in [0.2, 0.25) is 0 Å². The summed E-state index contributed by atoms with van der Waals surface area (Å²) >= 11 is 0. The number of hydrogen-bond donors (Lipinski definition) is 2. The van der Waals surface area contributed by atoms with Crippen LogP contribution in [-0.2, 0) is 11.3 Å². The molecule has 0 spiro atoms. The molecule has 136 valence electrons. The summed E-state index contributed by atoms with van der Waals surface area (Å²) in [6.07, 6.45) is 1.98. The van der Waals surface area contributed by atoms with Gasteiger partial charge >= 0.3 is 12.0 Å². The van der Waals surface area contributed by atoms with E-state index in [-0.39, 0.29) is 30.2 Å². The molecule has 7 nitrogen and oxygen atoms in total. The van der Waals surface area contributed by atoms with Gasteiger partial charge in [0.15, 0.2) is 0 Å². The van der Waals surface area contributed by atoms with Crippen LogP contribution in [0.2, 0.25) is 0 Å². The first kappa shape index (κ1) is 17.7. The molecular formula is C18H18FN3O4. The number of carboxylic acid groups (broad SMARTS) is 1. The van der Waals surface area contributed by atoms with Crippen molar-refractivity contribution in [3.8, 4) is 0 Å². The maximum absolute atomic E-state index is 13.0. The third-order valence-corrected chi connectivity index (χ3v) is 4.35. The molecule has 26 heavy (non-hydrogen) atoms. The SMILES string of the molecule is O=C(O)C1CCN(C(=O)Nc2cccn(Cc3ccc(F)cc3)c2=O)C1. The lowest BCUT2D eigenvalue weighted by molar-refractivity contribution is -0.141. The van der Waals surface area contributed by atoms with E-state index in [1.54, 1.807) is 24.4 Å². The number of halogens is 1. The summed E-state index contributed by atoms with van der Waals surface area (Å²) in [5.41, 5.74) is 0.471. The summed E-state index contributed by atoms with van der Waals surface area (Å²) in [4.78, 5) is 37.2. The lowest BCUT2D eigenvalue weighted by Gasteiger charge is -2.17. The van der Waals surface area contributed by atoms with E-state index in [1.807, 2.05) is 0 Å². The summed E-state index contributed by atoms with van der Waals surface area (Å²) in [7, 11) is 0. The zero-order valence-corrected chi connectivity index (χ0v) is 13.9. The third kappa shape index (κ3) is 3.90. The molecule has 2 amide bonds. The van der Waals surface area contributed by atoms with Crippen LogP contribution in [-0.4, -0.2) is 39.7 Å². The molecule has 0 aliphatic carbocycles. The highest BCUT2D eigenvalue weighted by Gasteiger charge is 2.31. The Kier molecular flexibility index (Phi) is 5.01. The Morgan fingerprint density at radius 2 is 1.96 bits per heavy atom. The first-order valence-electron chi connectivity index (χ1n) is 8.16. The van der Waals surface area contributed by atoms with Crippen LogP contribution >= 0.6 is 0 Å². The van der Waals surface area contributed by atoms with Gasteiger partial charge in [-0.25, -0.2) is 9.18 Å². The smallest absolute Gasteiger partial charge is 0.322 e. The Morgan fingerprint density at radius 3 is 2.62 bits per heavy atom. The van der Waals surface area contributed by atoms with E-state index in [9.17, 15) is 18.8 Å². The molecule has 1 aromatic heterocycles. The summed E-state index contributed by atoms with van der Waals surface area (Å²) < 4.78 is 14.4. The normalized spacial score (nSPS) is 16.5. The standard InChI is InChI=1S/C18H18FN3O4/c19-14-5-3-12(4-6-14)10-21-8-1-2-15(16(21)23)20-18(26)22-9-7-13(11-22)17(24)25/h1-6,8,13H,7,9-11H2,(H,20,26)(H,24,25). The van der Waals surface area contributed by atoms with Crippen LogP contribution in [0.1, 0.15) is 12.0 Å². The van der Waals surface area contributed by atoms with Crippen molar-refractivity contribution in [2.24, 2.45) is 5.92 Å². The highest BCUT2D eigenvalue weighted by Crippen LogP contribution is 2.17. The van der Waals surface area contributed by atoms with Crippen molar-refractivity contribution in [1.29, 1.82) is 0 Å². The van der Waals surface area contributed by atoms with Crippen LogP contribution < -0.4 is 10.9 Å². The number of aliphatic carboxylic acids is 1. The van der Waals surface area contributed by atoms with E-state index in [0.717, 1.165) is 5.56 Å². The van der Waals surface area contributed by atoms with Crippen molar-refractivity contribution in [2.45, 2.75) is 13.0 Å². The van der Waals surface area contributed by atoms with Gasteiger partial charge < -0.3 is 19.9 Å². The third-order valence-electron chi connectivity index (χ3n) is 4.35. The van der Waals surface area contributed by atoms with Crippen LogP contribution in [0.3, 0.4) is 0 Å². The van der Waals surface area contributed by atoms with E-state index >= 15 is 0 Å². The Morgan fingerprint density at radius 1 is 1.23 bits per heavy atom. The van der Waals surface area contributed by atoms with Crippen LogP contribution in [0.4, 0.5) is 14.9 Å². The maximum Gasteiger partial charge on any atom is 0.322 e. The van der Waals surface area contributed by atoms with Gasteiger partial charge in [0, 0.05) is 19.3 Å². The number of nitrogens with zero attached hydrogens (tertiary/aromatic N) is 2. The molecular weight excluding hydrogens is 341 g/mol. The second-order valence-corrected chi connectivity index (χ2v) is 6.18. The molecule has 1 aliphatic rings. The highest BCUT2D eigenvalue weighted by molar-refractivity contribution is 5.89. The van der Waals surface area contributed by atoms with Crippen LogP contribution in [0.25, 0.3) is 0 Å². The number of aromatic nitrogens is 1. The fourth-order valence-electron chi connectivity index (χ4n) is 2.88. The zero-order valence-electron chi connectivity index (χ0n) is 13.9. The second-order valence-electron chi connectivity index (χ2n) is 6.18. The number of pyridine rings is 1. The lowest BCUT2D eigenvalue weighted by atomic mass is 10.1. The minimum Gasteiger partial charge on any atom is -0.481 e. The Bertz CT molecular complexity index is 879. The zero-order chi connectivity index (χ0) is 18.7. The quantitative estimate of drug-likeness (QED) is 0.873. The van der Waals surface area contributed by atoms with Gasteiger partial charge in [0.05, 0.1) is 12.5 Å². The van der Waals surface area contributed by atoms with Crippen molar-refractivity contribution in [3.05, 3.63) is 64.3 Å². The number of hydrogen-bond acceptors (Lipinski definition) is 3. The fraction of sp³-hybridized carbons (Fsp3) is 0.278. The van der Waals surface area contributed by atoms with Crippen molar-refractivity contribution in [2.75, 3.05) is 18.4 Å². The number of carbonyl (C=O) groups excluding carboxylic acids is 1. The fourth-order valence-corrected chi connectivity index (χ4v) is 2.88. The summed E-state index contributed by atoms with van der Waals surface area (Å²) in [5.74, 6) is -1.86. The molecule has 2 N–H and O–H groups in total. The van der Waals surface area contributed by atoms with E-state index in [1.165, 1.54) is 27.7 Å². The van der Waals surface area contributed by atoms with Crippen LogP contribution in [0.5, 0.6) is 0 Å². The molecule has 1 unspecified atom stereocenters. The van der Waals surface area contributed by atoms with Gasteiger partial charge in [0.1, 0.15) is 11.5 Å². The van der Waals surface area contributed by atoms with Gasteiger partial charge in [-0.1, -0.05) is 12.1 Å². The molecule has 0 radical (unpaired) electrons. The Labute approximate surface area is 148 Å². The van der Waals surface area contributed by atoms with Crippen molar-refractivity contribution in [1.82, 2.24) is 9.47 Å². The molecule has 0 bridgehead atoms. The summed E-state index contributed by atoms with van der Waals surface area (Å²) in [6.45, 7) is 0.699. The van der Waals surface area contributed by atoms with Gasteiger partial charge in [0.25, 0.3) is 5.56 Å². The number of rotatable bonds is 4. The maximum atomic E-state index is 13.0. The molecule has 3 rings (SSSR count). The van der Waals surface area contributed by atoms with E-state index in [0.29, 0.717) is 13.0 Å². The minimum absolute atomic E-state index is 0.110. The average Bonchev–Trinajstić information content (AvgIpc) is 3.11. The largest absolute Gasteiger partial charge is 0.481 e. The number of carbonyl (C=O) groups is 2. The molecule has 1 atom stereocenters. The predicted octanol–water partition coefficient (Wildman–Crippen LogP) is 1.97. The predicted molar refractivity (Wildman–Crippen MR) is 92.5 cm³/mol. The first-order chi connectivity index (χ1) is 12.4. The van der Waals surface area contributed by atoms with Gasteiger partial charge in [-0.2, -0.15) is 0 Å². The second kappa shape index (κ2) is 7.38. The van der Waals surface area contributed by atoms with Crippen molar-refractivity contribution >= 4 is 17.7 Å². The number of nitrogens with one attached hydrogen (secondary N) is 1. The molecule has 0 saturated carbocycles. The summed E-state index contributed by atoms with van der Waals surface area (Å²) in [6, 6.07) is 8.44. The van der Waals surface area contributed by atoms with Gasteiger partial charge in [-0.15, -0.1) is 0 Å². The number of likely N-dealkylation sites (tertiary alicyclic amines) is 1. The Balaban J connectivity index is 1.71. The van der Waals surface area contributed by atoms with Crippen LogP contribution in [0, 0.1) is 11.7 Å². The molecule has 8 heteroatoms. The first-order valence-corrected chi connectivity index (χ1v) is 8.16. The number of amides is 2. The van der Waals surface area contributed by atoms with Gasteiger partial charge in [-0.3, -0.25) is 9.59 Å². The monoisotopic (exact) mass is 359 g/mol. The molecule has 2 aromatic rings. The lowest BCUT2D eigenvalue weighted by Crippen LogP contribution is -2.36.